The van der Waals surface area contributed by atoms with E-state index < -0.39 is 18.0 Å². The van der Waals surface area contributed by atoms with Crippen LogP contribution in [0.4, 0.5) is 0 Å². The van der Waals surface area contributed by atoms with Crippen LogP contribution >= 0.6 is 11.8 Å². The lowest BCUT2D eigenvalue weighted by Crippen LogP contribution is -2.31. The predicted octanol–water partition coefficient (Wildman–Crippen LogP) is 0.967. The van der Waals surface area contributed by atoms with E-state index in [1.807, 2.05) is 12.1 Å². The third-order valence-corrected chi connectivity index (χ3v) is 3.55. The fraction of sp³-hybridized carbons (Fsp3) is 0.385. The number of nitrogens with two attached hydrogens (primary N) is 1. The molecule has 0 fully saturated rings. The van der Waals surface area contributed by atoms with Gasteiger partial charge >= 0.3 is 5.97 Å². The van der Waals surface area contributed by atoms with E-state index >= 15 is 0 Å². The number of carbonyl (C=O) groups excluding carboxylic acids is 2. The van der Waals surface area contributed by atoms with Crippen LogP contribution in [0, 0.1) is 0 Å². The van der Waals surface area contributed by atoms with Crippen molar-refractivity contribution in [3.05, 3.63) is 18.2 Å². The Hall–Kier alpha value is -1.89. The summed E-state index contributed by atoms with van der Waals surface area (Å²) in [7, 11) is 0. The summed E-state index contributed by atoms with van der Waals surface area (Å²) in [6.45, 7) is 2.49. The Morgan fingerprint density at radius 3 is 2.75 bits per heavy atom. The second-order valence-corrected chi connectivity index (χ2v) is 5.18. The third kappa shape index (κ3) is 3.80. The topological polar surface area (TPSA) is 87.8 Å². The average molecular weight is 297 g/mol. The van der Waals surface area contributed by atoms with Gasteiger partial charge in [0.1, 0.15) is 13.2 Å². The molecule has 0 spiro atoms. The number of esters is 1. The lowest BCUT2D eigenvalue weighted by atomic mass is 10.3. The van der Waals surface area contributed by atoms with Gasteiger partial charge in [0.2, 0.25) is 0 Å². The zero-order chi connectivity index (χ0) is 14.5. The number of rotatable bonds is 5. The molecule has 1 aliphatic heterocycles. The smallest absolute Gasteiger partial charge is 0.317 e. The molecule has 0 aromatic heterocycles. The molecule has 7 heteroatoms. The van der Waals surface area contributed by atoms with Crippen LogP contribution in [0.2, 0.25) is 0 Å². The Morgan fingerprint density at radius 1 is 1.35 bits per heavy atom. The summed E-state index contributed by atoms with van der Waals surface area (Å²) in [5.41, 5.74) is 5.01. The predicted molar refractivity (Wildman–Crippen MR) is 72.9 cm³/mol. The van der Waals surface area contributed by atoms with Crippen LogP contribution < -0.4 is 15.2 Å². The monoisotopic (exact) mass is 297 g/mol. The van der Waals surface area contributed by atoms with E-state index in [1.165, 1.54) is 18.7 Å². The van der Waals surface area contributed by atoms with Gasteiger partial charge in [0, 0.05) is 4.90 Å². The van der Waals surface area contributed by atoms with E-state index in [9.17, 15) is 9.59 Å². The first-order valence-corrected chi connectivity index (χ1v) is 7.06. The molecule has 0 aliphatic carbocycles. The maximum absolute atomic E-state index is 11.5. The number of amides is 1. The van der Waals surface area contributed by atoms with Gasteiger partial charge in [0.25, 0.3) is 5.91 Å². The standard InChI is InChI=1S/C13H15NO5S/c1-8(13(14)16)19-12(15)7-20-9-2-3-10-11(6-9)18-5-4-17-10/h2-3,6,8H,4-5,7H2,1H3,(H2,14,16)/t8-/m0/s1. The number of carbonyl (C=O) groups is 2. The number of fused-ring (bicyclic) bond motifs is 1. The number of thioether (sulfide) groups is 1. The molecule has 2 N–H and O–H groups in total. The van der Waals surface area contributed by atoms with Crippen molar-refractivity contribution in [3.8, 4) is 11.5 Å². The Bertz CT molecular complexity index is 519. The second kappa shape index (κ2) is 6.51. The lowest BCUT2D eigenvalue weighted by molar-refractivity contribution is -0.151. The van der Waals surface area contributed by atoms with Gasteiger partial charge in [-0.2, -0.15) is 0 Å². The molecule has 0 bridgehead atoms. The highest BCUT2D eigenvalue weighted by Gasteiger charge is 2.16. The van der Waals surface area contributed by atoms with Crippen molar-refractivity contribution in [2.45, 2.75) is 17.9 Å². The Morgan fingerprint density at radius 2 is 2.05 bits per heavy atom. The van der Waals surface area contributed by atoms with Crippen LogP contribution in [-0.2, 0) is 14.3 Å². The molecule has 20 heavy (non-hydrogen) atoms. The molecule has 1 atom stereocenters. The highest BCUT2D eigenvalue weighted by Crippen LogP contribution is 2.34. The number of hydrogen-bond acceptors (Lipinski definition) is 6. The average Bonchev–Trinajstić information content (AvgIpc) is 2.44. The van der Waals surface area contributed by atoms with Gasteiger partial charge in [-0.1, -0.05) is 0 Å². The maximum atomic E-state index is 11.5. The van der Waals surface area contributed by atoms with Crippen molar-refractivity contribution in [2.75, 3.05) is 19.0 Å². The molecular weight excluding hydrogens is 282 g/mol. The highest BCUT2D eigenvalue weighted by atomic mass is 32.2. The molecule has 1 aliphatic rings. The third-order valence-electron chi connectivity index (χ3n) is 2.58. The van der Waals surface area contributed by atoms with Gasteiger partial charge in [-0.05, 0) is 25.1 Å². The molecule has 1 aromatic carbocycles. The number of hydrogen-bond donors (Lipinski definition) is 1. The largest absolute Gasteiger partial charge is 0.486 e. The zero-order valence-corrected chi connectivity index (χ0v) is 11.8. The van der Waals surface area contributed by atoms with E-state index in [1.54, 1.807) is 6.07 Å². The molecular formula is C13H15NO5S. The van der Waals surface area contributed by atoms with Crippen LogP contribution in [0.5, 0.6) is 11.5 Å². The minimum Gasteiger partial charge on any atom is -0.486 e. The first-order chi connectivity index (χ1) is 9.56. The number of ether oxygens (including phenoxy) is 3. The second-order valence-electron chi connectivity index (χ2n) is 4.13. The quantitative estimate of drug-likeness (QED) is 0.643. The Kier molecular flexibility index (Phi) is 4.73. The minimum absolute atomic E-state index is 0.0945. The number of primary amides is 1. The fourth-order valence-electron chi connectivity index (χ4n) is 1.54. The van der Waals surface area contributed by atoms with Gasteiger partial charge in [-0.3, -0.25) is 9.59 Å². The number of benzene rings is 1. The van der Waals surface area contributed by atoms with Gasteiger partial charge in [-0.15, -0.1) is 11.8 Å². The van der Waals surface area contributed by atoms with Crippen LogP contribution in [0.15, 0.2) is 23.1 Å². The zero-order valence-electron chi connectivity index (χ0n) is 11.0. The van der Waals surface area contributed by atoms with Crippen LogP contribution in [0.3, 0.4) is 0 Å². The molecule has 0 saturated heterocycles. The summed E-state index contributed by atoms with van der Waals surface area (Å²) in [6, 6.07) is 5.45. The Balaban J connectivity index is 1.88. The molecule has 6 nitrogen and oxygen atoms in total. The van der Waals surface area contributed by atoms with Gasteiger partial charge in [-0.25, -0.2) is 0 Å². The van der Waals surface area contributed by atoms with Crippen LogP contribution in [-0.4, -0.2) is 36.9 Å². The van der Waals surface area contributed by atoms with Crippen molar-refractivity contribution in [1.82, 2.24) is 0 Å². The van der Waals surface area contributed by atoms with E-state index in [2.05, 4.69) is 0 Å². The van der Waals surface area contributed by atoms with Crippen LogP contribution in [0.1, 0.15) is 6.92 Å². The van der Waals surface area contributed by atoms with E-state index in [0.29, 0.717) is 24.7 Å². The van der Waals surface area contributed by atoms with Crippen molar-refractivity contribution in [2.24, 2.45) is 5.73 Å². The highest BCUT2D eigenvalue weighted by molar-refractivity contribution is 8.00. The summed E-state index contributed by atoms with van der Waals surface area (Å²) in [4.78, 5) is 23.1. The van der Waals surface area contributed by atoms with Gasteiger partial charge < -0.3 is 19.9 Å². The van der Waals surface area contributed by atoms with Crippen molar-refractivity contribution < 1.29 is 23.8 Å². The Labute approximate surface area is 120 Å². The lowest BCUT2D eigenvalue weighted by Gasteiger charge is -2.18. The van der Waals surface area contributed by atoms with Crippen molar-refractivity contribution in [1.29, 1.82) is 0 Å². The molecule has 1 amide bonds. The van der Waals surface area contributed by atoms with Gasteiger partial charge in [0.05, 0.1) is 5.75 Å². The summed E-state index contributed by atoms with van der Waals surface area (Å²) in [6.07, 6.45) is -0.914. The van der Waals surface area contributed by atoms with E-state index in [0.717, 1.165) is 4.90 Å². The normalized spacial score (nSPS) is 14.4. The summed E-state index contributed by atoms with van der Waals surface area (Å²) in [5, 5.41) is 0. The summed E-state index contributed by atoms with van der Waals surface area (Å²) in [5.74, 6) is 0.307. The van der Waals surface area contributed by atoms with Crippen molar-refractivity contribution in [3.63, 3.8) is 0 Å². The first kappa shape index (κ1) is 14.5. The van der Waals surface area contributed by atoms with E-state index in [-0.39, 0.29) is 5.75 Å². The molecule has 0 radical (unpaired) electrons. The molecule has 1 aromatic rings. The summed E-state index contributed by atoms with van der Waals surface area (Å²) < 4.78 is 15.7. The molecule has 0 unspecified atom stereocenters. The minimum atomic E-state index is -0.914. The molecule has 108 valence electrons. The fourth-order valence-corrected chi connectivity index (χ4v) is 2.25. The summed E-state index contributed by atoms with van der Waals surface area (Å²) >= 11 is 1.29. The van der Waals surface area contributed by atoms with Crippen molar-refractivity contribution >= 4 is 23.6 Å². The molecule has 1 heterocycles. The maximum Gasteiger partial charge on any atom is 0.317 e. The van der Waals surface area contributed by atoms with Gasteiger partial charge in [0.15, 0.2) is 17.6 Å². The molecule has 0 saturated carbocycles. The van der Waals surface area contributed by atoms with Crippen LogP contribution in [0.25, 0.3) is 0 Å². The van der Waals surface area contributed by atoms with E-state index in [4.69, 9.17) is 19.9 Å². The SMILES string of the molecule is C[C@H](OC(=O)CSc1ccc2c(c1)OCCO2)C(N)=O. The first-order valence-electron chi connectivity index (χ1n) is 6.07. The molecule has 2 rings (SSSR count).